The number of benzene rings is 2. The van der Waals surface area contributed by atoms with E-state index in [-0.39, 0.29) is 18.0 Å². The van der Waals surface area contributed by atoms with Crippen LogP contribution in [0.2, 0.25) is 0 Å². The average Bonchev–Trinajstić information content (AvgIpc) is 3.15. The molecule has 0 bridgehead atoms. The lowest BCUT2D eigenvalue weighted by Crippen LogP contribution is -2.31. The first-order chi connectivity index (χ1) is 14.9. The van der Waals surface area contributed by atoms with E-state index in [1.165, 1.54) is 7.11 Å². The highest BCUT2D eigenvalue weighted by atomic mass is 16.5. The zero-order valence-corrected chi connectivity index (χ0v) is 18.1. The standard InChI is InChI=1S/C22H27N5O4/c1-14(2)25-21(28)15-5-8-19-18(11-15)24-13-27(19)10-9-23-22(29)26-17-7-6-16(30-3)12-20(17)31-4/h5-8,11-14H,9-10H2,1-4H3,(H,25,28)(H2,23,26,29). The summed E-state index contributed by atoms with van der Waals surface area (Å²) in [6.07, 6.45) is 1.70. The number of carbonyl (C=O) groups is 2. The number of carbonyl (C=O) groups excluding carboxylic acids is 2. The van der Waals surface area contributed by atoms with Crippen molar-refractivity contribution >= 4 is 28.7 Å². The van der Waals surface area contributed by atoms with Crippen LogP contribution in [-0.4, -0.2) is 48.3 Å². The largest absolute Gasteiger partial charge is 0.497 e. The van der Waals surface area contributed by atoms with Gasteiger partial charge in [0.15, 0.2) is 0 Å². The molecule has 164 valence electrons. The number of hydrogen-bond donors (Lipinski definition) is 3. The van der Waals surface area contributed by atoms with Crippen LogP contribution in [0.15, 0.2) is 42.7 Å². The Morgan fingerprint density at radius 1 is 1.10 bits per heavy atom. The number of aromatic nitrogens is 2. The van der Waals surface area contributed by atoms with Gasteiger partial charge in [-0.3, -0.25) is 4.79 Å². The molecule has 1 heterocycles. The van der Waals surface area contributed by atoms with Crippen LogP contribution < -0.4 is 25.4 Å². The molecule has 0 fully saturated rings. The van der Waals surface area contributed by atoms with Crippen LogP contribution in [0.3, 0.4) is 0 Å². The topological polar surface area (TPSA) is 107 Å². The molecule has 9 heteroatoms. The van der Waals surface area contributed by atoms with Crippen molar-refractivity contribution in [3.8, 4) is 11.5 Å². The van der Waals surface area contributed by atoms with E-state index < -0.39 is 0 Å². The van der Waals surface area contributed by atoms with Crippen molar-refractivity contribution in [1.82, 2.24) is 20.2 Å². The van der Waals surface area contributed by atoms with Crippen molar-refractivity contribution < 1.29 is 19.1 Å². The van der Waals surface area contributed by atoms with Crippen LogP contribution in [0.4, 0.5) is 10.5 Å². The molecule has 3 amide bonds. The molecule has 0 aliphatic carbocycles. The molecule has 3 N–H and O–H groups in total. The average molecular weight is 425 g/mol. The predicted octanol–water partition coefficient (Wildman–Crippen LogP) is 3.01. The summed E-state index contributed by atoms with van der Waals surface area (Å²) in [4.78, 5) is 28.8. The van der Waals surface area contributed by atoms with Crippen molar-refractivity contribution in [3.05, 3.63) is 48.3 Å². The number of nitrogens with zero attached hydrogens (tertiary/aromatic N) is 2. The zero-order chi connectivity index (χ0) is 22.4. The van der Waals surface area contributed by atoms with E-state index in [1.807, 2.05) is 24.5 Å². The minimum absolute atomic E-state index is 0.0656. The molecule has 0 aliphatic heterocycles. The van der Waals surface area contributed by atoms with Crippen LogP contribution in [0.25, 0.3) is 11.0 Å². The number of rotatable bonds is 8. The van der Waals surface area contributed by atoms with Gasteiger partial charge in [-0.2, -0.15) is 0 Å². The van der Waals surface area contributed by atoms with Crippen LogP contribution in [-0.2, 0) is 6.54 Å². The van der Waals surface area contributed by atoms with E-state index in [0.29, 0.717) is 35.8 Å². The summed E-state index contributed by atoms with van der Waals surface area (Å²) in [5.41, 5.74) is 2.72. The van der Waals surface area contributed by atoms with Crippen LogP contribution in [0.5, 0.6) is 11.5 Å². The van der Waals surface area contributed by atoms with Crippen molar-refractivity contribution in [2.24, 2.45) is 0 Å². The molecule has 2 aromatic carbocycles. The maximum Gasteiger partial charge on any atom is 0.319 e. The second-order valence-corrected chi connectivity index (χ2v) is 7.22. The first kappa shape index (κ1) is 21.9. The summed E-state index contributed by atoms with van der Waals surface area (Å²) in [6.45, 7) is 4.75. The molecule has 1 aromatic heterocycles. The summed E-state index contributed by atoms with van der Waals surface area (Å²) < 4.78 is 12.4. The van der Waals surface area contributed by atoms with Gasteiger partial charge in [-0.15, -0.1) is 0 Å². The van der Waals surface area contributed by atoms with Crippen molar-refractivity contribution in [3.63, 3.8) is 0 Å². The highest BCUT2D eigenvalue weighted by Gasteiger charge is 2.11. The molecular formula is C22H27N5O4. The maximum atomic E-state index is 12.3. The number of anilines is 1. The predicted molar refractivity (Wildman–Crippen MR) is 119 cm³/mol. The Morgan fingerprint density at radius 2 is 1.90 bits per heavy atom. The Kier molecular flexibility index (Phi) is 6.96. The third-order valence-corrected chi connectivity index (χ3v) is 4.60. The molecule has 0 saturated heterocycles. The number of imidazole rings is 1. The van der Waals surface area contributed by atoms with Gasteiger partial charge in [-0.1, -0.05) is 0 Å². The lowest BCUT2D eigenvalue weighted by molar-refractivity contribution is 0.0943. The van der Waals surface area contributed by atoms with Crippen LogP contribution in [0, 0.1) is 0 Å². The number of nitrogens with one attached hydrogen (secondary N) is 3. The maximum absolute atomic E-state index is 12.3. The number of fused-ring (bicyclic) bond motifs is 1. The summed E-state index contributed by atoms with van der Waals surface area (Å²) >= 11 is 0. The monoisotopic (exact) mass is 425 g/mol. The molecular weight excluding hydrogens is 398 g/mol. The second-order valence-electron chi connectivity index (χ2n) is 7.22. The van der Waals surface area contributed by atoms with Crippen molar-refractivity contribution in [2.45, 2.75) is 26.4 Å². The van der Waals surface area contributed by atoms with Gasteiger partial charge in [0.2, 0.25) is 0 Å². The van der Waals surface area contributed by atoms with Gasteiger partial charge < -0.3 is 30.0 Å². The molecule has 3 rings (SSSR count). The Labute approximate surface area is 180 Å². The Morgan fingerprint density at radius 3 is 2.61 bits per heavy atom. The highest BCUT2D eigenvalue weighted by molar-refractivity contribution is 5.97. The lowest BCUT2D eigenvalue weighted by Gasteiger charge is -2.12. The van der Waals surface area contributed by atoms with Gasteiger partial charge in [0.05, 0.1) is 37.3 Å². The molecule has 0 saturated carbocycles. The second kappa shape index (κ2) is 9.84. The van der Waals surface area contributed by atoms with Crippen molar-refractivity contribution in [1.29, 1.82) is 0 Å². The number of urea groups is 1. The summed E-state index contributed by atoms with van der Waals surface area (Å²) in [5.74, 6) is 1.02. The normalized spacial score (nSPS) is 10.7. The minimum atomic E-state index is -0.347. The summed E-state index contributed by atoms with van der Waals surface area (Å²) in [6, 6.07) is 10.3. The first-order valence-corrected chi connectivity index (χ1v) is 9.94. The molecule has 0 aliphatic rings. The van der Waals surface area contributed by atoms with Crippen molar-refractivity contribution in [2.75, 3.05) is 26.1 Å². The third kappa shape index (κ3) is 5.44. The van der Waals surface area contributed by atoms with Gasteiger partial charge in [-0.25, -0.2) is 9.78 Å². The van der Waals surface area contributed by atoms with Gasteiger partial charge in [0.25, 0.3) is 5.91 Å². The zero-order valence-electron chi connectivity index (χ0n) is 18.1. The number of methoxy groups -OCH3 is 2. The van der Waals surface area contributed by atoms with Gasteiger partial charge in [-0.05, 0) is 44.2 Å². The summed E-state index contributed by atoms with van der Waals surface area (Å²) in [7, 11) is 3.09. The van der Waals surface area contributed by atoms with E-state index in [4.69, 9.17) is 9.47 Å². The molecule has 0 radical (unpaired) electrons. The first-order valence-electron chi connectivity index (χ1n) is 9.94. The molecule has 0 spiro atoms. The van der Waals surface area contributed by atoms with Gasteiger partial charge in [0, 0.05) is 30.8 Å². The van der Waals surface area contributed by atoms with Crippen LogP contribution in [0.1, 0.15) is 24.2 Å². The molecule has 3 aromatic rings. The molecule has 9 nitrogen and oxygen atoms in total. The van der Waals surface area contributed by atoms with Crippen LogP contribution >= 0.6 is 0 Å². The molecule has 31 heavy (non-hydrogen) atoms. The Hall–Kier alpha value is -3.75. The molecule has 0 atom stereocenters. The summed E-state index contributed by atoms with van der Waals surface area (Å²) in [5, 5.41) is 8.45. The quantitative estimate of drug-likeness (QED) is 0.514. The minimum Gasteiger partial charge on any atom is -0.497 e. The SMILES string of the molecule is COc1ccc(NC(=O)NCCn2cnc3cc(C(=O)NC(C)C)ccc32)c(OC)c1. The lowest BCUT2D eigenvalue weighted by atomic mass is 10.2. The van der Waals surface area contributed by atoms with E-state index in [1.54, 1.807) is 43.8 Å². The smallest absolute Gasteiger partial charge is 0.319 e. The molecule has 0 unspecified atom stereocenters. The Bertz CT molecular complexity index is 1080. The highest BCUT2D eigenvalue weighted by Crippen LogP contribution is 2.28. The third-order valence-electron chi connectivity index (χ3n) is 4.60. The fourth-order valence-electron chi connectivity index (χ4n) is 3.09. The number of hydrogen-bond acceptors (Lipinski definition) is 5. The van der Waals surface area contributed by atoms with E-state index in [2.05, 4.69) is 20.9 Å². The number of amides is 3. The fraction of sp³-hybridized carbons (Fsp3) is 0.318. The fourth-order valence-corrected chi connectivity index (χ4v) is 3.09. The van der Waals surface area contributed by atoms with E-state index >= 15 is 0 Å². The number of ether oxygens (including phenoxy) is 2. The van der Waals surface area contributed by atoms with E-state index in [9.17, 15) is 9.59 Å². The van der Waals surface area contributed by atoms with E-state index in [0.717, 1.165) is 11.0 Å². The van der Waals surface area contributed by atoms with Gasteiger partial charge in [0.1, 0.15) is 11.5 Å². The Balaban J connectivity index is 1.58. The van der Waals surface area contributed by atoms with Gasteiger partial charge >= 0.3 is 6.03 Å².